The van der Waals surface area contributed by atoms with Gasteiger partial charge in [0.15, 0.2) is 5.76 Å². The van der Waals surface area contributed by atoms with Crippen molar-refractivity contribution in [1.82, 2.24) is 0 Å². The minimum Gasteiger partial charge on any atom is -0.451 e. The molecule has 1 N–H and O–H groups in total. The van der Waals surface area contributed by atoms with E-state index in [0.29, 0.717) is 5.76 Å². The number of hydrogen-bond donors (Lipinski definition) is 1. The molecule has 0 aliphatic rings. The van der Waals surface area contributed by atoms with E-state index in [0.717, 1.165) is 41.0 Å². The fraction of sp³-hybridized carbons (Fsp3) is 0.250. The summed E-state index contributed by atoms with van der Waals surface area (Å²) < 4.78 is 5.66. The van der Waals surface area contributed by atoms with Crippen molar-refractivity contribution in [3.63, 3.8) is 0 Å². The van der Waals surface area contributed by atoms with Crippen LogP contribution in [-0.4, -0.2) is 19.0 Å². The Hall–Kier alpha value is -2.75. The Labute approximate surface area is 142 Å². The van der Waals surface area contributed by atoms with Gasteiger partial charge >= 0.3 is 0 Å². The summed E-state index contributed by atoms with van der Waals surface area (Å²) in [7, 11) is 0. The fourth-order valence-corrected chi connectivity index (χ4v) is 2.79. The largest absolute Gasteiger partial charge is 0.451 e. The summed E-state index contributed by atoms with van der Waals surface area (Å²) in [6.07, 6.45) is 0. The third kappa shape index (κ3) is 3.27. The number of anilines is 2. The van der Waals surface area contributed by atoms with Crippen molar-refractivity contribution >= 4 is 28.3 Å². The van der Waals surface area contributed by atoms with Gasteiger partial charge < -0.3 is 14.6 Å². The molecule has 0 unspecified atom stereocenters. The first-order valence-corrected chi connectivity index (χ1v) is 8.27. The quantitative estimate of drug-likeness (QED) is 0.731. The Balaban J connectivity index is 1.76. The van der Waals surface area contributed by atoms with Crippen LogP contribution in [-0.2, 0) is 0 Å². The zero-order valence-corrected chi connectivity index (χ0v) is 14.3. The zero-order chi connectivity index (χ0) is 17.1. The molecule has 0 atom stereocenters. The van der Waals surface area contributed by atoms with Crippen molar-refractivity contribution in [2.45, 2.75) is 20.8 Å². The lowest BCUT2D eigenvalue weighted by Gasteiger charge is -2.21. The maximum atomic E-state index is 12.4. The fourth-order valence-electron chi connectivity index (χ4n) is 2.79. The first-order chi connectivity index (χ1) is 11.6. The van der Waals surface area contributed by atoms with Crippen LogP contribution in [0.4, 0.5) is 11.4 Å². The Morgan fingerprint density at radius 2 is 1.75 bits per heavy atom. The predicted molar refractivity (Wildman–Crippen MR) is 98.9 cm³/mol. The van der Waals surface area contributed by atoms with Gasteiger partial charge in [-0.2, -0.15) is 0 Å². The molecule has 0 saturated carbocycles. The van der Waals surface area contributed by atoms with Gasteiger partial charge in [-0.3, -0.25) is 4.79 Å². The van der Waals surface area contributed by atoms with Gasteiger partial charge in [0.1, 0.15) is 5.58 Å². The summed E-state index contributed by atoms with van der Waals surface area (Å²) in [4.78, 5) is 14.6. The molecule has 124 valence electrons. The highest BCUT2D eigenvalue weighted by atomic mass is 16.3. The number of nitrogens with one attached hydrogen (secondary N) is 1. The van der Waals surface area contributed by atoms with Gasteiger partial charge in [0.05, 0.1) is 0 Å². The van der Waals surface area contributed by atoms with Crippen LogP contribution in [0, 0.1) is 6.92 Å². The minimum absolute atomic E-state index is 0.237. The van der Waals surface area contributed by atoms with E-state index in [1.807, 2.05) is 49.4 Å². The van der Waals surface area contributed by atoms with E-state index in [9.17, 15) is 4.79 Å². The molecule has 1 heterocycles. The average molecular weight is 322 g/mol. The molecule has 0 aliphatic carbocycles. The number of furan rings is 1. The Bertz CT molecular complexity index is 846. The Kier molecular flexibility index (Phi) is 4.56. The van der Waals surface area contributed by atoms with Crippen molar-refractivity contribution in [3.05, 3.63) is 59.9 Å². The molecule has 4 nitrogen and oxygen atoms in total. The standard InChI is InChI=1S/C20H22N2O2/c1-4-22(5-2)17-10-8-16(9-11-17)21-20(23)19-13-15-7-6-14(3)12-18(15)24-19/h6-13H,4-5H2,1-3H3,(H,21,23). The summed E-state index contributed by atoms with van der Waals surface area (Å²) in [6, 6.07) is 15.5. The molecule has 0 saturated heterocycles. The number of hydrogen-bond acceptors (Lipinski definition) is 3. The van der Waals surface area contributed by atoms with Gasteiger partial charge in [0.2, 0.25) is 0 Å². The molecule has 0 radical (unpaired) electrons. The first-order valence-electron chi connectivity index (χ1n) is 8.27. The number of amides is 1. The molecule has 0 bridgehead atoms. The number of carbonyl (C=O) groups excluding carboxylic acids is 1. The molecule has 1 aromatic heterocycles. The average Bonchev–Trinajstić information content (AvgIpc) is 3.00. The molecule has 0 aliphatic heterocycles. The SMILES string of the molecule is CCN(CC)c1ccc(NC(=O)c2cc3ccc(C)cc3o2)cc1. The van der Waals surface area contributed by atoms with E-state index in [2.05, 4.69) is 24.1 Å². The van der Waals surface area contributed by atoms with Gasteiger partial charge in [-0.25, -0.2) is 0 Å². The smallest absolute Gasteiger partial charge is 0.291 e. The van der Waals surface area contributed by atoms with Crippen LogP contribution in [0.15, 0.2) is 52.9 Å². The highest BCUT2D eigenvalue weighted by molar-refractivity contribution is 6.04. The van der Waals surface area contributed by atoms with E-state index in [1.54, 1.807) is 6.07 Å². The first kappa shape index (κ1) is 16.1. The highest BCUT2D eigenvalue weighted by Gasteiger charge is 2.13. The molecule has 0 spiro atoms. The van der Waals surface area contributed by atoms with Crippen molar-refractivity contribution in [3.8, 4) is 0 Å². The van der Waals surface area contributed by atoms with Gasteiger partial charge in [-0.05, 0) is 62.7 Å². The summed E-state index contributed by atoms with van der Waals surface area (Å²) >= 11 is 0. The van der Waals surface area contributed by atoms with E-state index in [1.165, 1.54) is 0 Å². The minimum atomic E-state index is -0.237. The molecule has 1 amide bonds. The summed E-state index contributed by atoms with van der Waals surface area (Å²) in [6.45, 7) is 8.17. The molecular formula is C20H22N2O2. The topological polar surface area (TPSA) is 45.5 Å². The predicted octanol–water partition coefficient (Wildman–Crippen LogP) is 4.84. The monoisotopic (exact) mass is 322 g/mol. The van der Waals surface area contributed by atoms with Crippen LogP contribution in [0.1, 0.15) is 30.0 Å². The lowest BCUT2D eigenvalue weighted by molar-refractivity contribution is 0.0998. The lowest BCUT2D eigenvalue weighted by Crippen LogP contribution is -2.21. The molecule has 2 aromatic carbocycles. The Morgan fingerprint density at radius 1 is 1.04 bits per heavy atom. The molecule has 0 fully saturated rings. The highest BCUT2D eigenvalue weighted by Crippen LogP contribution is 2.22. The second kappa shape index (κ2) is 6.79. The van der Waals surface area contributed by atoms with E-state index >= 15 is 0 Å². The summed E-state index contributed by atoms with van der Waals surface area (Å²) in [5, 5.41) is 3.82. The molecular weight excluding hydrogens is 300 g/mol. The number of aryl methyl sites for hydroxylation is 1. The Morgan fingerprint density at radius 3 is 2.42 bits per heavy atom. The van der Waals surface area contributed by atoms with Crippen molar-refractivity contribution in [1.29, 1.82) is 0 Å². The van der Waals surface area contributed by atoms with E-state index < -0.39 is 0 Å². The van der Waals surface area contributed by atoms with Gasteiger partial charge in [-0.15, -0.1) is 0 Å². The molecule has 3 rings (SSSR count). The van der Waals surface area contributed by atoms with Crippen LogP contribution in [0.5, 0.6) is 0 Å². The normalized spacial score (nSPS) is 10.8. The number of fused-ring (bicyclic) bond motifs is 1. The van der Waals surface area contributed by atoms with Crippen LogP contribution < -0.4 is 10.2 Å². The van der Waals surface area contributed by atoms with Crippen LogP contribution in [0.2, 0.25) is 0 Å². The number of benzene rings is 2. The van der Waals surface area contributed by atoms with Crippen LogP contribution >= 0.6 is 0 Å². The number of nitrogens with zero attached hydrogens (tertiary/aromatic N) is 1. The lowest BCUT2D eigenvalue weighted by atomic mass is 10.2. The molecule has 4 heteroatoms. The van der Waals surface area contributed by atoms with E-state index in [4.69, 9.17) is 4.42 Å². The van der Waals surface area contributed by atoms with E-state index in [-0.39, 0.29) is 5.91 Å². The summed E-state index contributed by atoms with van der Waals surface area (Å²) in [5.74, 6) is 0.0860. The van der Waals surface area contributed by atoms with Crippen molar-refractivity contribution in [2.75, 3.05) is 23.3 Å². The molecule has 3 aromatic rings. The van der Waals surface area contributed by atoms with Crippen LogP contribution in [0.3, 0.4) is 0 Å². The van der Waals surface area contributed by atoms with Crippen molar-refractivity contribution in [2.24, 2.45) is 0 Å². The number of rotatable bonds is 5. The van der Waals surface area contributed by atoms with Gasteiger partial charge in [0.25, 0.3) is 5.91 Å². The van der Waals surface area contributed by atoms with Gasteiger partial charge in [0, 0.05) is 29.9 Å². The second-order valence-corrected chi connectivity index (χ2v) is 5.83. The van der Waals surface area contributed by atoms with Crippen LogP contribution in [0.25, 0.3) is 11.0 Å². The molecule has 24 heavy (non-hydrogen) atoms. The third-order valence-electron chi connectivity index (χ3n) is 4.15. The third-order valence-corrected chi connectivity index (χ3v) is 4.15. The maximum absolute atomic E-state index is 12.4. The second-order valence-electron chi connectivity index (χ2n) is 5.83. The zero-order valence-electron chi connectivity index (χ0n) is 14.3. The maximum Gasteiger partial charge on any atom is 0.291 e. The van der Waals surface area contributed by atoms with Crippen molar-refractivity contribution < 1.29 is 9.21 Å². The number of carbonyl (C=O) groups is 1. The van der Waals surface area contributed by atoms with Gasteiger partial charge in [-0.1, -0.05) is 12.1 Å². The summed E-state index contributed by atoms with van der Waals surface area (Å²) in [5.41, 5.74) is 3.75.